The number of nitrogens with one attached hydrogen (secondary N) is 2. The predicted molar refractivity (Wildman–Crippen MR) is 100 cm³/mol. The van der Waals surface area contributed by atoms with Gasteiger partial charge in [-0.1, -0.05) is 0 Å². The normalized spacial score (nSPS) is 33.3. The monoisotopic (exact) mass is 379 g/mol. The first kappa shape index (κ1) is 19.0. The minimum absolute atomic E-state index is 0.115. The zero-order valence-corrected chi connectivity index (χ0v) is 16.2. The van der Waals surface area contributed by atoms with Gasteiger partial charge in [0.2, 0.25) is 5.91 Å². The number of amides is 2. The molecular formula is C20H33N3O4. The molecule has 1 saturated carbocycles. The summed E-state index contributed by atoms with van der Waals surface area (Å²) >= 11 is 0. The lowest BCUT2D eigenvalue weighted by molar-refractivity contribution is -0.126. The fraction of sp³-hybridized carbons (Fsp3) is 0.900. The van der Waals surface area contributed by atoms with Crippen LogP contribution in [0, 0.1) is 11.8 Å². The number of piperidine rings is 1. The van der Waals surface area contributed by atoms with Crippen LogP contribution in [0.3, 0.4) is 0 Å². The summed E-state index contributed by atoms with van der Waals surface area (Å²) in [5, 5.41) is 6.41. The lowest BCUT2D eigenvalue weighted by Crippen LogP contribution is -2.45. The van der Waals surface area contributed by atoms with Crippen LogP contribution in [-0.4, -0.2) is 67.9 Å². The van der Waals surface area contributed by atoms with Gasteiger partial charge in [-0.25, -0.2) is 4.79 Å². The van der Waals surface area contributed by atoms with E-state index in [4.69, 9.17) is 9.47 Å². The molecule has 4 fully saturated rings. The standard InChI is InChI=1S/C20H33N3O4/c24-18(22-12-17-2-1-11-26-17)16-5-3-15(4-6-16)13-23-14-20(27-19(23)25)7-9-21-10-8-20/h15-17,21H,1-14H2,(H,22,24). The molecule has 152 valence electrons. The number of carbonyl (C=O) groups is 2. The van der Waals surface area contributed by atoms with Crippen molar-refractivity contribution in [3.05, 3.63) is 0 Å². The Labute approximate surface area is 161 Å². The van der Waals surface area contributed by atoms with Crippen molar-refractivity contribution in [2.45, 2.75) is 63.1 Å². The second-order valence-corrected chi connectivity index (χ2v) is 8.78. The summed E-state index contributed by atoms with van der Waals surface area (Å²) in [6.45, 7) is 4.83. The van der Waals surface area contributed by atoms with Crippen LogP contribution in [-0.2, 0) is 14.3 Å². The highest BCUT2D eigenvalue weighted by Gasteiger charge is 2.46. The smallest absolute Gasteiger partial charge is 0.410 e. The Morgan fingerprint density at radius 1 is 1.19 bits per heavy atom. The third kappa shape index (κ3) is 4.57. The van der Waals surface area contributed by atoms with Crippen LogP contribution in [0.2, 0.25) is 0 Å². The van der Waals surface area contributed by atoms with E-state index in [0.29, 0.717) is 12.5 Å². The first-order valence-corrected chi connectivity index (χ1v) is 10.7. The summed E-state index contributed by atoms with van der Waals surface area (Å²) in [5.41, 5.74) is -0.262. The van der Waals surface area contributed by atoms with E-state index >= 15 is 0 Å². The average molecular weight is 380 g/mol. The number of rotatable bonds is 5. The summed E-state index contributed by atoms with van der Waals surface area (Å²) in [5.74, 6) is 0.777. The first-order chi connectivity index (χ1) is 13.1. The van der Waals surface area contributed by atoms with E-state index in [1.54, 1.807) is 0 Å². The van der Waals surface area contributed by atoms with Gasteiger partial charge in [-0.15, -0.1) is 0 Å². The summed E-state index contributed by atoms with van der Waals surface area (Å²) in [6, 6.07) is 0. The molecule has 3 saturated heterocycles. The molecule has 0 radical (unpaired) electrons. The molecule has 1 spiro atoms. The first-order valence-electron chi connectivity index (χ1n) is 10.7. The van der Waals surface area contributed by atoms with Gasteiger partial charge in [0, 0.05) is 38.5 Å². The van der Waals surface area contributed by atoms with Crippen molar-refractivity contribution in [3.8, 4) is 0 Å². The number of nitrogens with zero attached hydrogens (tertiary/aromatic N) is 1. The largest absolute Gasteiger partial charge is 0.441 e. The molecule has 1 atom stereocenters. The van der Waals surface area contributed by atoms with Crippen molar-refractivity contribution in [2.75, 3.05) is 39.3 Å². The number of ether oxygens (including phenoxy) is 2. The molecule has 1 unspecified atom stereocenters. The van der Waals surface area contributed by atoms with Gasteiger partial charge in [-0.05, 0) is 57.5 Å². The average Bonchev–Trinajstić information content (AvgIpc) is 3.29. The van der Waals surface area contributed by atoms with Crippen LogP contribution in [0.4, 0.5) is 4.79 Å². The Balaban J connectivity index is 1.19. The molecule has 27 heavy (non-hydrogen) atoms. The molecule has 7 heteroatoms. The quantitative estimate of drug-likeness (QED) is 0.759. The highest BCUT2D eigenvalue weighted by atomic mass is 16.6. The highest BCUT2D eigenvalue weighted by Crippen LogP contribution is 2.34. The van der Waals surface area contributed by atoms with Crippen molar-refractivity contribution in [3.63, 3.8) is 0 Å². The Morgan fingerprint density at radius 3 is 2.67 bits per heavy atom. The highest BCUT2D eigenvalue weighted by molar-refractivity contribution is 5.78. The van der Waals surface area contributed by atoms with E-state index < -0.39 is 0 Å². The van der Waals surface area contributed by atoms with Gasteiger partial charge in [0.1, 0.15) is 5.60 Å². The molecule has 4 aliphatic rings. The fourth-order valence-electron chi connectivity index (χ4n) is 5.06. The predicted octanol–water partition coefficient (Wildman–Crippen LogP) is 1.66. The lowest BCUT2D eigenvalue weighted by atomic mass is 9.81. The minimum Gasteiger partial charge on any atom is -0.441 e. The maximum absolute atomic E-state index is 12.4. The Morgan fingerprint density at radius 2 is 1.96 bits per heavy atom. The van der Waals surface area contributed by atoms with Gasteiger partial charge >= 0.3 is 6.09 Å². The zero-order chi connectivity index (χ0) is 18.7. The van der Waals surface area contributed by atoms with Gasteiger partial charge in [0.15, 0.2) is 0 Å². The second kappa shape index (κ2) is 8.35. The number of hydrogen-bond acceptors (Lipinski definition) is 5. The van der Waals surface area contributed by atoms with Crippen LogP contribution in [0.5, 0.6) is 0 Å². The van der Waals surface area contributed by atoms with Crippen molar-refractivity contribution >= 4 is 12.0 Å². The molecule has 3 aliphatic heterocycles. The van der Waals surface area contributed by atoms with Crippen LogP contribution < -0.4 is 10.6 Å². The summed E-state index contributed by atoms with van der Waals surface area (Å²) in [7, 11) is 0. The fourth-order valence-corrected chi connectivity index (χ4v) is 5.06. The van der Waals surface area contributed by atoms with Gasteiger partial charge in [0.05, 0.1) is 12.6 Å². The van der Waals surface area contributed by atoms with Gasteiger partial charge in [-0.2, -0.15) is 0 Å². The molecule has 1 aliphatic carbocycles. The zero-order valence-electron chi connectivity index (χ0n) is 16.2. The summed E-state index contributed by atoms with van der Waals surface area (Å²) < 4.78 is 11.3. The van der Waals surface area contributed by atoms with Crippen LogP contribution in [0.25, 0.3) is 0 Å². The van der Waals surface area contributed by atoms with Crippen molar-refractivity contribution < 1.29 is 19.1 Å². The summed E-state index contributed by atoms with van der Waals surface area (Å²) in [6.07, 6.45) is 7.88. The third-order valence-corrected chi connectivity index (χ3v) is 6.78. The van der Waals surface area contributed by atoms with Crippen LogP contribution in [0.15, 0.2) is 0 Å². The van der Waals surface area contributed by atoms with Gasteiger partial charge in [-0.3, -0.25) is 4.79 Å². The van der Waals surface area contributed by atoms with Gasteiger partial charge in [0.25, 0.3) is 0 Å². The maximum Gasteiger partial charge on any atom is 0.410 e. The van der Waals surface area contributed by atoms with Crippen molar-refractivity contribution in [1.29, 1.82) is 0 Å². The van der Waals surface area contributed by atoms with E-state index in [0.717, 1.165) is 84.2 Å². The van der Waals surface area contributed by atoms with E-state index in [9.17, 15) is 9.59 Å². The number of carbonyl (C=O) groups excluding carboxylic acids is 2. The maximum atomic E-state index is 12.4. The Kier molecular flexibility index (Phi) is 5.88. The van der Waals surface area contributed by atoms with Crippen molar-refractivity contribution in [1.82, 2.24) is 15.5 Å². The van der Waals surface area contributed by atoms with Gasteiger partial charge < -0.3 is 25.0 Å². The molecule has 0 bridgehead atoms. The lowest BCUT2D eigenvalue weighted by Gasteiger charge is -2.32. The minimum atomic E-state index is -0.262. The van der Waals surface area contributed by atoms with Crippen LogP contribution in [0.1, 0.15) is 51.4 Å². The topological polar surface area (TPSA) is 79.9 Å². The molecule has 4 rings (SSSR count). The second-order valence-electron chi connectivity index (χ2n) is 8.78. The molecule has 0 aromatic rings. The summed E-state index contributed by atoms with van der Waals surface area (Å²) in [4.78, 5) is 26.6. The molecule has 2 N–H and O–H groups in total. The molecular weight excluding hydrogens is 346 g/mol. The van der Waals surface area contributed by atoms with E-state index in [-0.39, 0.29) is 29.6 Å². The molecule has 2 amide bonds. The van der Waals surface area contributed by atoms with Crippen LogP contribution >= 0.6 is 0 Å². The molecule has 7 nitrogen and oxygen atoms in total. The SMILES string of the molecule is O=C(NCC1CCCO1)C1CCC(CN2CC3(CCNCC3)OC2=O)CC1. The third-order valence-electron chi connectivity index (χ3n) is 6.78. The molecule has 0 aromatic heterocycles. The molecule has 3 heterocycles. The Hall–Kier alpha value is -1.34. The molecule has 0 aromatic carbocycles. The number of hydrogen-bond donors (Lipinski definition) is 2. The Bertz CT molecular complexity index is 535. The van der Waals surface area contributed by atoms with E-state index in [1.165, 1.54) is 0 Å². The van der Waals surface area contributed by atoms with Crippen molar-refractivity contribution in [2.24, 2.45) is 11.8 Å². The van der Waals surface area contributed by atoms with E-state index in [2.05, 4.69) is 10.6 Å². The van der Waals surface area contributed by atoms with E-state index in [1.807, 2.05) is 4.90 Å².